The van der Waals surface area contributed by atoms with Crippen molar-refractivity contribution in [2.24, 2.45) is 0 Å². The minimum absolute atomic E-state index is 0.586. The maximum Gasteiger partial charge on any atom is 0.227 e. The summed E-state index contributed by atoms with van der Waals surface area (Å²) < 4.78 is 10.9. The van der Waals surface area contributed by atoms with Crippen LogP contribution >= 0.6 is 22.7 Å². The normalized spacial score (nSPS) is 11.8. The van der Waals surface area contributed by atoms with Crippen LogP contribution in [0.25, 0.3) is 114 Å². The Balaban J connectivity index is 1.15. The van der Waals surface area contributed by atoms with Crippen LogP contribution in [-0.4, -0.2) is 24.5 Å². The molecular weight excluding hydrogens is 751 g/mol. The van der Waals surface area contributed by atoms with Crippen LogP contribution < -0.4 is 0 Å². The molecular formula is C50H29N5OS2. The van der Waals surface area contributed by atoms with Gasteiger partial charge in [-0.25, -0.2) is 19.9 Å². The van der Waals surface area contributed by atoms with Crippen molar-refractivity contribution in [3.05, 3.63) is 176 Å². The van der Waals surface area contributed by atoms with Gasteiger partial charge in [0.1, 0.15) is 21.3 Å². The summed E-state index contributed by atoms with van der Waals surface area (Å²) in [6.07, 6.45) is 0. The van der Waals surface area contributed by atoms with Crippen molar-refractivity contribution >= 4 is 76.0 Å². The van der Waals surface area contributed by atoms with Crippen LogP contribution in [0.5, 0.6) is 0 Å². The number of nitrogens with zero attached hydrogens (tertiary/aromatic N) is 5. The number of aromatic nitrogens is 5. The predicted molar refractivity (Wildman–Crippen MR) is 240 cm³/mol. The second kappa shape index (κ2) is 13.2. The fourth-order valence-corrected chi connectivity index (χ4v) is 10.0. The van der Waals surface area contributed by atoms with Crippen molar-refractivity contribution in [2.45, 2.75) is 0 Å². The summed E-state index contributed by atoms with van der Waals surface area (Å²) in [5, 5.41) is 4.07. The first kappa shape index (κ1) is 32.9. The first-order chi connectivity index (χ1) is 28.7. The van der Waals surface area contributed by atoms with Crippen LogP contribution in [0.3, 0.4) is 0 Å². The molecule has 58 heavy (non-hydrogen) atoms. The molecule has 0 atom stereocenters. The molecule has 0 amide bonds. The third-order valence-corrected chi connectivity index (χ3v) is 12.9. The summed E-state index contributed by atoms with van der Waals surface area (Å²) in [4.78, 5) is 20.7. The second-order valence-electron chi connectivity index (χ2n) is 14.2. The number of benzene rings is 7. The van der Waals surface area contributed by atoms with Crippen molar-refractivity contribution in [2.75, 3.05) is 0 Å². The highest BCUT2D eigenvalue weighted by Crippen LogP contribution is 2.45. The van der Waals surface area contributed by atoms with E-state index in [1.807, 2.05) is 42.5 Å². The van der Waals surface area contributed by atoms with Crippen LogP contribution in [0.15, 0.2) is 180 Å². The Morgan fingerprint density at radius 1 is 0.431 bits per heavy atom. The van der Waals surface area contributed by atoms with E-state index >= 15 is 0 Å². The molecule has 0 bridgehead atoms. The van der Waals surface area contributed by atoms with Crippen LogP contribution in [0, 0.1) is 0 Å². The third kappa shape index (κ3) is 5.38. The maximum atomic E-state index is 6.30. The highest BCUT2D eigenvalue weighted by Gasteiger charge is 2.24. The Labute approximate surface area is 340 Å². The van der Waals surface area contributed by atoms with Gasteiger partial charge in [0, 0.05) is 33.0 Å². The first-order valence-corrected chi connectivity index (χ1v) is 20.7. The first-order valence-electron chi connectivity index (χ1n) is 19.0. The molecule has 12 aromatic rings. The van der Waals surface area contributed by atoms with Gasteiger partial charge >= 0.3 is 0 Å². The Morgan fingerprint density at radius 3 is 1.69 bits per heavy atom. The minimum atomic E-state index is 0.586. The molecule has 5 heterocycles. The van der Waals surface area contributed by atoms with Crippen molar-refractivity contribution in [3.8, 4) is 60.8 Å². The van der Waals surface area contributed by atoms with Crippen LogP contribution in [0.2, 0.25) is 0 Å². The molecule has 0 N–H and O–H groups in total. The van der Waals surface area contributed by atoms with Crippen molar-refractivity contribution < 1.29 is 4.42 Å². The fourth-order valence-electron chi connectivity index (χ4n) is 8.02. The van der Waals surface area contributed by atoms with Crippen molar-refractivity contribution in [1.82, 2.24) is 24.5 Å². The molecule has 0 aliphatic carbocycles. The van der Waals surface area contributed by atoms with Crippen LogP contribution in [0.1, 0.15) is 0 Å². The van der Waals surface area contributed by atoms with E-state index in [4.69, 9.17) is 24.4 Å². The van der Waals surface area contributed by atoms with E-state index in [0.717, 1.165) is 108 Å². The Morgan fingerprint density at radius 2 is 1.00 bits per heavy atom. The number of rotatable bonds is 6. The Bertz CT molecular complexity index is 3240. The molecule has 5 aromatic heterocycles. The quantitative estimate of drug-likeness (QED) is 0.168. The molecule has 7 aromatic carbocycles. The molecule has 0 saturated carbocycles. The standard InChI is InChI=1S/C50H29N5OS2/c1-3-13-30(14-4-1)34-29-45(54-47(31-15-5-2-6-16-31)46(34)50-53-39-19-9-12-22-44(39)58-50)55-40-25-23-32(48-51-37-17-7-10-20-42(37)56-48)27-35(40)36-28-33(24-26-41(36)55)49-52-38-18-8-11-21-43(38)57-49/h1-29H. The summed E-state index contributed by atoms with van der Waals surface area (Å²) in [5.41, 5.74) is 12.7. The zero-order valence-electron chi connectivity index (χ0n) is 30.7. The van der Waals surface area contributed by atoms with Gasteiger partial charge in [0.15, 0.2) is 5.58 Å². The minimum Gasteiger partial charge on any atom is -0.436 e. The van der Waals surface area contributed by atoms with Crippen LogP contribution in [0.4, 0.5) is 0 Å². The summed E-state index contributed by atoms with van der Waals surface area (Å²) in [7, 11) is 0. The predicted octanol–water partition coefficient (Wildman–Crippen LogP) is 13.9. The van der Waals surface area contributed by atoms with E-state index in [0.29, 0.717) is 5.89 Å². The smallest absolute Gasteiger partial charge is 0.227 e. The molecule has 6 nitrogen and oxygen atoms in total. The SMILES string of the molecule is c1ccc(-c2cc(-n3c4ccc(-c5nc6ccccc6o5)cc4c4cc(-c5nc6ccccc6s5)ccc43)nc(-c3ccccc3)c2-c2nc3ccccc3s2)cc1. The summed E-state index contributed by atoms with van der Waals surface area (Å²) >= 11 is 3.41. The molecule has 0 spiro atoms. The van der Waals surface area contributed by atoms with E-state index < -0.39 is 0 Å². The Kier molecular flexibility index (Phi) is 7.47. The molecule has 0 fully saturated rings. The van der Waals surface area contributed by atoms with Gasteiger partial charge in [0.25, 0.3) is 0 Å². The average Bonchev–Trinajstić information content (AvgIpc) is 4.09. The van der Waals surface area contributed by atoms with E-state index in [1.54, 1.807) is 22.7 Å². The zero-order valence-corrected chi connectivity index (χ0v) is 32.3. The molecule has 0 aliphatic heterocycles. The average molecular weight is 780 g/mol. The molecule has 8 heteroatoms. The number of hydrogen-bond donors (Lipinski definition) is 0. The van der Waals surface area contributed by atoms with E-state index in [9.17, 15) is 0 Å². The van der Waals surface area contributed by atoms with Gasteiger partial charge < -0.3 is 4.42 Å². The lowest BCUT2D eigenvalue weighted by molar-refractivity contribution is 0.620. The number of pyridine rings is 1. The monoisotopic (exact) mass is 779 g/mol. The van der Waals surface area contributed by atoms with E-state index in [-0.39, 0.29) is 0 Å². The molecule has 272 valence electrons. The lowest BCUT2D eigenvalue weighted by Gasteiger charge is -2.17. The summed E-state index contributed by atoms with van der Waals surface area (Å²) in [6, 6.07) is 61.0. The van der Waals surface area contributed by atoms with Gasteiger partial charge in [-0.15, -0.1) is 22.7 Å². The van der Waals surface area contributed by atoms with Gasteiger partial charge in [-0.1, -0.05) is 97.1 Å². The third-order valence-electron chi connectivity index (χ3n) is 10.7. The topological polar surface area (TPSA) is 69.6 Å². The number of thiazole rings is 2. The van der Waals surface area contributed by atoms with Crippen molar-refractivity contribution in [1.29, 1.82) is 0 Å². The molecule has 0 radical (unpaired) electrons. The van der Waals surface area contributed by atoms with E-state index in [1.165, 1.54) is 0 Å². The lowest BCUT2D eigenvalue weighted by atomic mass is 9.96. The fraction of sp³-hybridized carbons (Fsp3) is 0. The number of hydrogen-bond acceptors (Lipinski definition) is 7. The van der Waals surface area contributed by atoms with Gasteiger partial charge in [0.2, 0.25) is 5.89 Å². The zero-order chi connectivity index (χ0) is 38.2. The number of fused-ring (bicyclic) bond motifs is 6. The van der Waals surface area contributed by atoms with Gasteiger partial charge in [0.05, 0.1) is 37.2 Å². The van der Waals surface area contributed by atoms with Gasteiger partial charge in [-0.2, -0.15) is 0 Å². The summed E-state index contributed by atoms with van der Waals surface area (Å²) in [6.45, 7) is 0. The highest BCUT2D eigenvalue weighted by molar-refractivity contribution is 7.22. The number of oxazole rings is 1. The van der Waals surface area contributed by atoms with E-state index in [2.05, 4.69) is 138 Å². The molecule has 0 saturated heterocycles. The maximum absolute atomic E-state index is 6.30. The number of para-hydroxylation sites is 4. The molecule has 12 rings (SSSR count). The second-order valence-corrected chi connectivity index (χ2v) is 16.3. The highest BCUT2D eigenvalue weighted by atomic mass is 32.1. The lowest BCUT2D eigenvalue weighted by Crippen LogP contribution is -2.02. The molecule has 0 unspecified atom stereocenters. The van der Waals surface area contributed by atoms with Crippen LogP contribution in [-0.2, 0) is 0 Å². The Hall–Kier alpha value is -7.26. The molecule has 0 aliphatic rings. The summed E-state index contributed by atoms with van der Waals surface area (Å²) in [5.74, 6) is 1.40. The van der Waals surface area contributed by atoms with Gasteiger partial charge in [-0.3, -0.25) is 4.57 Å². The van der Waals surface area contributed by atoms with Crippen molar-refractivity contribution in [3.63, 3.8) is 0 Å². The largest absolute Gasteiger partial charge is 0.436 e. The van der Waals surface area contributed by atoms with Gasteiger partial charge in [-0.05, 0) is 90.0 Å².